The van der Waals surface area contributed by atoms with Crippen LogP contribution in [0.15, 0.2) is 89.5 Å². The summed E-state index contributed by atoms with van der Waals surface area (Å²) < 4.78 is 17.7. The zero-order valence-electron chi connectivity index (χ0n) is 40.1. The fourth-order valence-corrected chi connectivity index (χ4v) is 13.7. The molecule has 1 atom stereocenters. The Kier molecular flexibility index (Phi) is 9.27. The lowest BCUT2D eigenvalue weighted by atomic mass is 9.34. The number of aryl methyl sites for hydroxylation is 1. The summed E-state index contributed by atoms with van der Waals surface area (Å²) in [5.41, 5.74) is 19.6. The number of hydrogen-bond acceptors (Lipinski definition) is 3. The highest BCUT2D eigenvalue weighted by Crippen LogP contribution is 2.56. The zero-order valence-corrected chi connectivity index (χ0v) is 40.9. The van der Waals surface area contributed by atoms with E-state index in [4.69, 9.17) is 0 Å². The molecule has 1 unspecified atom stereocenters. The average molecular weight is 843 g/mol. The van der Waals surface area contributed by atoms with E-state index in [1.807, 2.05) is 23.5 Å². The van der Waals surface area contributed by atoms with Gasteiger partial charge in [-0.3, -0.25) is 0 Å². The van der Waals surface area contributed by atoms with Crippen molar-refractivity contribution in [2.24, 2.45) is 17.3 Å². The molecular weight excluding hydrogens is 775 g/mol. The lowest BCUT2D eigenvalue weighted by Crippen LogP contribution is -2.55. The van der Waals surface area contributed by atoms with Crippen molar-refractivity contribution in [3.8, 4) is 0 Å². The monoisotopic (exact) mass is 843 g/mol. The summed E-state index contributed by atoms with van der Waals surface area (Å²) in [6, 6.07) is 24.8. The predicted molar refractivity (Wildman–Crippen MR) is 268 cm³/mol. The van der Waals surface area contributed by atoms with Crippen LogP contribution in [0.3, 0.4) is 0 Å². The SMILES string of the molecule is CCC(C)(C)C1=CC2=C(CC1C(C)C)N(c1ccc3c(c1)C(C)(C)CCC3(C)C)c1cc(C)cc3c1B2c1sc2cc4c(cc2c1N3c1ccc(F)cc1)C(C)(C)CCC4(C)C. The van der Waals surface area contributed by atoms with Gasteiger partial charge in [0.25, 0.3) is 6.71 Å². The molecule has 0 radical (unpaired) electrons. The molecule has 1 aromatic heterocycles. The molecule has 322 valence electrons. The zero-order chi connectivity index (χ0) is 44.2. The maximum Gasteiger partial charge on any atom is 0.264 e. The topological polar surface area (TPSA) is 6.48 Å². The minimum Gasteiger partial charge on any atom is -0.315 e. The van der Waals surface area contributed by atoms with E-state index < -0.39 is 0 Å². The van der Waals surface area contributed by atoms with Gasteiger partial charge in [-0.1, -0.05) is 108 Å². The third kappa shape index (κ3) is 6.13. The Morgan fingerprint density at radius 3 is 1.87 bits per heavy atom. The number of benzene rings is 4. The van der Waals surface area contributed by atoms with Crippen molar-refractivity contribution in [3.05, 3.63) is 123 Å². The van der Waals surface area contributed by atoms with Crippen LogP contribution in [0, 0.1) is 30.0 Å². The number of anilines is 5. The third-order valence-corrected chi connectivity index (χ3v) is 18.1. The van der Waals surface area contributed by atoms with Gasteiger partial charge in [-0.05, 0) is 184 Å². The lowest BCUT2D eigenvalue weighted by molar-refractivity contribution is 0.317. The van der Waals surface area contributed by atoms with Gasteiger partial charge in [-0.25, -0.2) is 4.39 Å². The largest absolute Gasteiger partial charge is 0.315 e. The second kappa shape index (κ2) is 13.7. The van der Waals surface area contributed by atoms with Crippen molar-refractivity contribution in [1.82, 2.24) is 0 Å². The summed E-state index contributed by atoms with van der Waals surface area (Å²) in [5, 5.41) is 1.32. The Balaban J connectivity index is 1.33. The van der Waals surface area contributed by atoms with Crippen molar-refractivity contribution >= 4 is 66.8 Å². The van der Waals surface area contributed by atoms with Crippen molar-refractivity contribution < 1.29 is 4.39 Å². The Hall–Kier alpha value is -4.09. The number of thiophene rings is 1. The van der Waals surface area contributed by atoms with E-state index in [9.17, 15) is 4.39 Å². The molecule has 3 heterocycles. The van der Waals surface area contributed by atoms with Crippen molar-refractivity contribution in [3.63, 3.8) is 0 Å². The van der Waals surface area contributed by atoms with E-state index in [1.54, 1.807) is 17.7 Å². The molecule has 0 saturated carbocycles. The summed E-state index contributed by atoms with van der Waals surface area (Å²) >= 11 is 2.01. The third-order valence-electron chi connectivity index (χ3n) is 16.9. The minimum absolute atomic E-state index is 0.0597. The molecule has 0 fully saturated rings. The number of hydrogen-bond donors (Lipinski definition) is 0. The molecule has 5 aliphatic rings. The molecule has 0 spiro atoms. The van der Waals surface area contributed by atoms with Gasteiger partial charge in [0.15, 0.2) is 0 Å². The molecular formula is C57H68BFN2S. The van der Waals surface area contributed by atoms with E-state index in [0.717, 1.165) is 18.5 Å². The summed E-state index contributed by atoms with van der Waals surface area (Å²) in [6.45, 7) is 34.1. The first kappa shape index (κ1) is 41.9. The number of halogens is 1. The quantitative estimate of drug-likeness (QED) is 0.163. The number of rotatable bonds is 5. The Morgan fingerprint density at radius 1 is 0.726 bits per heavy atom. The van der Waals surface area contributed by atoms with Crippen LogP contribution in [0.4, 0.5) is 32.8 Å². The molecule has 2 nitrogen and oxygen atoms in total. The highest BCUT2D eigenvalue weighted by atomic mass is 32.1. The highest BCUT2D eigenvalue weighted by molar-refractivity contribution is 7.33. The lowest BCUT2D eigenvalue weighted by Gasteiger charge is -2.49. The first-order chi connectivity index (χ1) is 29.0. The Morgan fingerprint density at radius 2 is 1.27 bits per heavy atom. The summed E-state index contributed by atoms with van der Waals surface area (Å²) in [7, 11) is 0. The highest BCUT2D eigenvalue weighted by Gasteiger charge is 2.50. The molecule has 2 aliphatic heterocycles. The van der Waals surface area contributed by atoms with Crippen LogP contribution in [-0.4, -0.2) is 6.71 Å². The summed E-state index contributed by atoms with van der Waals surface area (Å²) in [5.74, 6) is 0.724. The molecule has 5 heteroatoms. The second-order valence-electron chi connectivity index (χ2n) is 23.6. The molecule has 0 amide bonds. The van der Waals surface area contributed by atoms with Crippen LogP contribution >= 0.6 is 11.3 Å². The number of allylic oxidation sites excluding steroid dienone is 4. The second-order valence-corrected chi connectivity index (χ2v) is 24.6. The summed E-state index contributed by atoms with van der Waals surface area (Å²) in [4.78, 5) is 5.23. The van der Waals surface area contributed by atoms with E-state index >= 15 is 0 Å². The first-order valence-corrected chi connectivity index (χ1v) is 24.6. The van der Waals surface area contributed by atoms with E-state index in [2.05, 4.69) is 155 Å². The Labute approximate surface area is 376 Å². The van der Waals surface area contributed by atoms with Gasteiger partial charge in [-0.2, -0.15) is 0 Å². The molecule has 10 rings (SSSR count). The molecule has 4 aromatic carbocycles. The van der Waals surface area contributed by atoms with Crippen LogP contribution in [0.2, 0.25) is 0 Å². The van der Waals surface area contributed by atoms with Crippen LogP contribution in [0.25, 0.3) is 10.1 Å². The molecule has 5 aromatic rings. The van der Waals surface area contributed by atoms with E-state index in [0.29, 0.717) is 11.8 Å². The van der Waals surface area contributed by atoms with Gasteiger partial charge in [0.05, 0.1) is 5.69 Å². The molecule has 62 heavy (non-hydrogen) atoms. The van der Waals surface area contributed by atoms with Crippen LogP contribution in [0.1, 0.15) is 156 Å². The van der Waals surface area contributed by atoms with E-state index in [1.165, 1.54) is 108 Å². The van der Waals surface area contributed by atoms with Crippen molar-refractivity contribution in [2.75, 3.05) is 9.80 Å². The van der Waals surface area contributed by atoms with Gasteiger partial charge >= 0.3 is 0 Å². The predicted octanol–water partition coefficient (Wildman–Crippen LogP) is 15.4. The first-order valence-electron chi connectivity index (χ1n) is 23.8. The standard InChI is InChI=1S/C57H68BFN2S/c1-15-53(5,6)41-31-45-46(30-38(41)33(2)3)60(37-20-21-40-42(28-37)55(9,10)23-22-54(40,7)8)47-26-34(4)27-48-50(47)58(45)52-51(61(48)36-18-16-35(59)17-19-36)39-29-43-44(32-49(39)62-52)57(13,14)25-24-56(43,11)12/h16-21,26-29,31-33,38H,15,22-25,30H2,1-14H3. The van der Waals surface area contributed by atoms with Gasteiger partial charge in [0.1, 0.15) is 5.82 Å². The maximum atomic E-state index is 14.9. The van der Waals surface area contributed by atoms with Crippen LogP contribution in [-0.2, 0) is 21.7 Å². The van der Waals surface area contributed by atoms with Gasteiger partial charge in [-0.15, -0.1) is 11.3 Å². The fourth-order valence-electron chi connectivity index (χ4n) is 12.3. The van der Waals surface area contributed by atoms with E-state index in [-0.39, 0.29) is 39.6 Å². The molecule has 0 N–H and O–H groups in total. The molecule has 0 bridgehead atoms. The molecule has 0 saturated heterocycles. The smallest absolute Gasteiger partial charge is 0.264 e. The molecule has 3 aliphatic carbocycles. The fraction of sp³-hybridized carbons (Fsp3) is 0.474. The van der Waals surface area contributed by atoms with Crippen molar-refractivity contribution in [2.45, 2.75) is 157 Å². The van der Waals surface area contributed by atoms with Gasteiger partial charge < -0.3 is 9.80 Å². The van der Waals surface area contributed by atoms with Gasteiger partial charge in [0.2, 0.25) is 0 Å². The normalized spacial score (nSPS) is 21.6. The minimum atomic E-state index is -0.207. The maximum absolute atomic E-state index is 14.9. The number of fused-ring (bicyclic) bond motifs is 7. The van der Waals surface area contributed by atoms with Gasteiger partial charge in [0, 0.05) is 43.3 Å². The van der Waals surface area contributed by atoms with Crippen LogP contribution < -0.4 is 20.0 Å². The number of nitrogens with zero attached hydrogens (tertiary/aromatic N) is 2. The van der Waals surface area contributed by atoms with Crippen LogP contribution in [0.5, 0.6) is 0 Å². The average Bonchev–Trinajstić information content (AvgIpc) is 3.59. The Bertz CT molecular complexity index is 2750. The van der Waals surface area contributed by atoms with Crippen molar-refractivity contribution in [1.29, 1.82) is 0 Å². The summed E-state index contributed by atoms with van der Waals surface area (Å²) in [6.07, 6.45) is 9.54.